The van der Waals surface area contributed by atoms with Crippen LogP contribution in [-0.4, -0.2) is 4.98 Å². The van der Waals surface area contributed by atoms with Crippen molar-refractivity contribution in [1.82, 2.24) is 4.98 Å². The van der Waals surface area contributed by atoms with Crippen molar-refractivity contribution in [3.05, 3.63) is 69.1 Å². The Morgan fingerprint density at radius 2 is 1.80 bits per heavy atom. The summed E-state index contributed by atoms with van der Waals surface area (Å²) in [6, 6.07) is 12.3. The van der Waals surface area contributed by atoms with Gasteiger partial charge >= 0.3 is 0 Å². The molecule has 0 atom stereocenters. The number of aromatic nitrogens is 1. The lowest BCUT2D eigenvalue weighted by atomic mass is 10.0. The Morgan fingerprint density at radius 1 is 1.10 bits per heavy atom. The van der Waals surface area contributed by atoms with E-state index in [0.717, 1.165) is 5.56 Å². The Balaban J connectivity index is 2.44. The first-order valence-electron chi connectivity index (χ1n) is 6.15. The maximum atomic E-state index is 14.1. The summed E-state index contributed by atoms with van der Waals surface area (Å²) in [7, 11) is 0. The molecule has 100 valence electrons. The molecule has 4 heteroatoms. The second-order valence-electron chi connectivity index (χ2n) is 4.60. The highest BCUT2D eigenvalue weighted by molar-refractivity contribution is 6.31. The van der Waals surface area contributed by atoms with Gasteiger partial charge in [0.2, 0.25) is 0 Å². The van der Waals surface area contributed by atoms with Crippen LogP contribution in [-0.2, 0) is 0 Å². The van der Waals surface area contributed by atoms with E-state index in [-0.39, 0.29) is 16.0 Å². The number of aromatic amines is 1. The molecule has 20 heavy (non-hydrogen) atoms. The minimum atomic E-state index is -0.599. The van der Waals surface area contributed by atoms with Crippen molar-refractivity contribution >= 4 is 22.5 Å². The van der Waals surface area contributed by atoms with Crippen LogP contribution in [0.3, 0.4) is 0 Å². The Bertz CT molecular complexity index is 856. The number of pyridine rings is 1. The van der Waals surface area contributed by atoms with Crippen LogP contribution in [0.2, 0.25) is 5.02 Å². The molecule has 0 aliphatic carbocycles. The Morgan fingerprint density at radius 3 is 2.50 bits per heavy atom. The first-order valence-corrected chi connectivity index (χ1v) is 6.53. The molecule has 1 heterocycles. The number of hydrogen-bond donors (Lipinski definition) is 1. The Hall–Kier alpha value is -2.13. The summed E-state index contributed by atoms with van der Waals surface area (Å²) in [5.74, 6) is -0.599. The number of rotatable bonds is 1. The molecule has 0 bridgehead atoms. The lowest BCUT2D eigenvalue weighted by Gasteiger charge is -2.09. The molecule has 0 radical (unpaired) electrons. The molecule has 3 aromatic rings. The van der Waals surface area contributed by atoms with Gasteiger partial charge in [0, 0.05) is 10.9 Å². The highest BCUT2D eigenvalue weighted by atomic mass is 35.5. The van der Waals surface area contributed by atoms with E-state index in [4.69, 9.17) is 11.6 Å². The molecule has 0 fully saturated rings. The minimum absolute atomic E-state index is 0.00369. The third-order valence-electron chi connectivity index (χ3n) is 3.37. The van der Waals surface area contributed by atoms with Gasteiger partial charge in [-0.2, -0.15) is 0 Å². The Labute approximate surface area is 119 Å². The van der Waals surface area contributed by atoms with Crippen molar-refractivity contribution < 1.29 is 4.39 Å². The molecule has 0 saturated carbocycles. The fourth-order valence-electron chi connectivity index (χ4n) is 2.29. The van der Waals surface area contributed by atoms with Gasteiger partial charge in [-0.3, -0.25) is 4.79 Å². The van der Waals surface area contributed by atoms with Crippen molar-refractivity contribution in [2.75, 3.05) is 0 Å². The molecule has 1 N–H and O–H groups in total. The predicted octanol–water partition coefficient (Wildman–Crippen LogP) is 4.30. The van der Waals surface area contributed by atoms with E-state index < -0.39 is 5.82 Å². The van der Waals surface area contributed by atoms with Crippen molar-refractivity contribution in [1.29, 1.82) is 0 Å². The van der Waals surface area contributed by atoms with Crippen LogP contribution in [0.1, 0.15) is 5.56 Å². The quantitative estimate of drug-likeness (QED) is 0.711. The summed E-state index contributed by atoms with van der Waals surface area (Å²) in [6.45, 7) is 1.73. The molecule has 0 aliphatic heterocycles. The summed E-state index contributed by atoms with van der Waals surface area (Å²) < 4.78 is 14.1. The number of benzene rings is 2. The highest BCUT2D eigenvalue weighted by Crippen LogP contribution is 2.26. The van der Waals surface area contributed by atoms with Gasteiger partial charge in [-0.15, -0.1) is 0 Å². The van der Waals surface area contributed by atoms with Crippen LogP contribution >= 0.6 is 11.6 Å². The molecule has 0 aliphatic rings. The smallest absolute Gasteiger partial charge is 0.193 e. The molecule has 2 nitrogen and oxygen atoms in total. The van der Waals surface area contributed by atoms with E-state index in [0.29, 0.717) is 16.6 Å². The summed E-state index contributed by atoms with van der Waals surface area (Å²) >= 11 is 5.78. The third kappa shape index (κ3) is 1.91. The number of H-pyrrole nitrogens is 1. The number of fused-ring (bicyclic) bond motifs is 1. The molecule has 0 unspecified atom stereocenters. The third-order valence-corrected chi connectivity index (χ3v) is 3.66. The minimum Gasteiger partial charge on any atom is -0.352 e. The molecular weight excluding hydrogens is 277 g/mol. The van der Waals surface area contributed by atoms with Gasteiger partial charge in [0.1, 0.15) is 0 Å². The molecule has 2 aromatic carbocycles. The first-order chi connectivity index (χ1) is 9.59. The SMILES string of the molecule is Cc1c(-c2ccccc2)[nH]c2c(F)c(Cl)ccc2c1=O. The van der Waals surface area contributed by atoms with Crippen molar-refractivity contribution in [2.24, 2.45) is 0 Å². The molecular formula is C16H11ClFNO. The van der Waals surface area contributed by atoms with E-state index in [1.807, 2.05) is 30.3 Å². The summed E-state index contributed by atoms with van der Waals surface area (Å²) in [6.07, 6.45) is 0. The van der Waals surface area contributed by atoms with E-state index >= 15 is 0 Å². The molecule has 0 saturated heterocycles. The van der Waals surface area contributed by atoms with Crippen LogP contribution < -0.4 is 5.43 Å². The van der Waals surface area contributed by atoms with Gasteiger partial charge in [-0.25, -0.2) is 4.39 Å². The lowest BCUT2D eigenvalue weighted by molar-refractivity contribution is 0.637. The van der Waals surface area contributed by atoms with Gasteiger partial charge in [0.25, 0.3) is 0 Å². The maximum Gasteiger partial charge on any atom is 0.193 e. The van der Waals surface area contributed by atoms with E-state index in [2.05, 4.69) is 4.98 Å². The molecule has 0 spiro atoms. The zero-order valence-corrected chi connectivity index (χ0v) is 11.5. The van der Waals surface area contributed by atoms with Crippen LogP contribution in [0, 0.1) is 12.7 Å². The summed E-state index contributed by atoms with van der Waals surface area (Å²) in [5, 5.41) is 0.306. The van der Waals surface area contributed by atoms with Gasteiger partial charge < -0.3 is 4.98 Å². The number of nitrogens with one attached hydrogen (secondary N) is 1. The second kappa shape index (κ2) is 4.76. The standard InChI is InChI=1S/C16H11ClFNO/c1-9-14(10-5-3-2-4-6-10)19-15-11(16(9)20)7-8-12(17)13(15)18/h2-8H,1H3,(H,19,20). The van der Waals surface area contributed by atoms with E-state index in [1.54, 1.807) is 13.0 Å². The molecule has 3 rings (SSSR count). The van der Waals surface area contributed by atoms with E-state index in [9.17, 15) is 9.18 Å². The zero-order chi connectivity index (χ0) is 14.3. The highest BCUT2D eigenvalue weighted by Gasteiger charge is 2.14. The van der Waals surface area contributed by atoms with Gasteiger partial charge in [0.05, 0.1) is 16.2 Å². The van der Waals surface area contributed by atoms with E-state index in [1.165, 1.54) is 6.07 Å². The largest absolute Gasteiger partial charge is 0.352 e. The van der Waals surface area contributed by atoms with Crippen molar-refractivity contribution in [2.45, 2.75) is 6.92 Å². The van der Waals surface area contributed by atoms with Crippen LogP contribution in [0.15, 0.2) is 47.3 Å². The summed E-state index contributed by atoms with van der Waals surface area (Å²) in [4.78, 5) is 15.4. The summed E-state index contributed by atoms with van der Waals surface area (Å²) in [5.41, 5.74) is 1.97. The predicted molar refractivity (Wildman–Crippen MR) is 79.7 cm³/mol. The van der Waals surface area contributed by atoms with Crippen LogP contribution in [0.5, 0.6) is 0 Å². The second-order valence-corrected chi connectivity index (χ2v) is 5.01. The molecule has 1 aromatic heterocycles. The first kappa shape index (κ1) is 12.9. The maximum absolute atomic E-state index is 14.1. The fraction of sp³-hybridized carbons (Fsp3) is 0.0625. The average Bonchev–Trinajstić information content (AvgIpc) is 2.47. The Kier molecular flexibility index (Phi) is 3.07. The van der Waals surface area contributed by atoms with Gasteiger partial charge in [-0.05, 0) is 24.6 Å². The normalized spacial score (nSPS) is 10.9. The monoisotopic (exact) mass is 287 g/mol. The fourth-order valence-corrected chi connectivity index (χ4v) is 2.45. The average molecular weight is 288 g/mol. The van der Waals surface area contributed by atoms with Crippen molar-refractivity contribution in [3.63, 3.8) is 0 Å². The lowest BCUT2D eigenvalue weighted by Crippen LogP contribution is -2.10. The number of halogens is 2. The van der Waals surface area contributed by atoms with Crippen LogP contribution in [0.25, 0.3) is 22.2 Å². The number of hydrogen-bond acceptors (Lipinski definition) is 1. The van der Waals surface area contributed by atoms with Crippen molar-refractivity contribution in [3.8, 4) is 11.3 Å². The van der Waals surface area contributed by atoms with Gasteiger partial charge in [-0.1, -0.05) is 41.9 Å². The molecule has 0 amide bonds. The van der Waals surface area contributed by atoms with Gasteiger partial charge in [0.15, 0.2) is 11.2 Å². The topological polar surface area (TPSA) is 32.9 Å². The van der Waals surface area contributed by atoms with Crippen LogP contribution in [0.4, 0.5) is 4.39 Å². The zero-order valence-electron chi connectivity index (χ0n) is 10.7.